The molecule has 0 bridgehead atoms. The lowest BCUT2D eigenvalue weighted by Gasteiger charge is -2.36. The van der Waals surface area contributed by atoms with Gasteiger partial charge in [0.1, 0.15) is 11.6 Å². The van der Waals surface area contributed by atoms with Gasteiger partial charge >= 0.3 is 0 Å². The van der Waals surface area contributed by atoms with Crippen LogP contribution in [0.4, 0.5) is 4.39 Å². The molecule has 3 nitrogen and oxygen atoms in total. The maximum atomic E-state index is 14.2. The van der Waals surface area contributed by atoms with Crippen molar-refractivity contribution in [1.82, 2.24) is 10.2 Å². The van der Waals surface area contributed by atoms with E-state index in [1.165, 1.54) is 12.1 Å². The quantitative estimate of drug-likeness (QED) is 0.870. The number of halogens is 4. The summed E-state index contributed by atoms with van der Waals surface area (Å²) in [5.41, 5.74) is 0.386. The van der Waals surface area contributed by atoms with Crippen LogP contribution in [0.5, 0.6) is 5.75 Å². The van der Waals surface area contributed by atoms with E-state index in [0.29, 0.717) is 11.5 Å². The number of phenols is 1. The molecule has 21 heavy (non-hydrogen) atoms. The molecule has 0 radical (unpaired) electrons. The van der Waals surface area contributed by atoms with Crippen LogP contribution in [-0.4, -0.2) is 36.2 Å². The summed E-state index contributed by atoms with van der Waals surface area (Å²) in [6.45, 7) is 3.58. The topological polar surface area (TPSA) is 35.5 Å². The Morgan fingerprint density at radius 1 is 1.24 bits per heavy atom. The molecular weight excluding hydrogens is 338 g/mol. The standard InChI is InChI=1S/C14H18ClFN2O.2ClH/c15-10-3-4-11(16)12(14(10)19)13(9-1-2-9)18-7-5-17-6-8-18;;/h3-4,9,13,17,19H,1-2,5-8H2;2*1H/t13-;;/m0../s1. The van der Waals surface area contributed by atoms with E-state index in [1.807, 2.05) is 0 Å². The molecular formula is C14H20Cl3FN2O. The molecule has 1 saturated heterocycles. The zero-order valence-electron chi connectivity index (χ0n) is 11.5. The Bertz CT molecular complexity index is 480. The van der Waals surface area contributed by atoms with E-state index in [2.05, 4.69) is 10.2 Å². The second-order valence-electron chi connectivity index (χ2n) is 5.36. The molecule has 7 heteroatoms. The first-order valence-electron chi connectivity index (χ1n) is 6.80. The molecule has 0 amide bonds. The minimum Gasteiger partial charge on any atom is -0.506 e. The number of nitrogens with one attached hydrogen (secondary N) is 1. The van der Waals surface area contributed by atoms with Crippen molar-refractivity contribution in [2.45, 2.75) is 18.9 Å². The van der Waals surface area contributed by atoms with Crippen LogP contribution < -0.4 is 5.32 Å². The Labute approximate surface area is 141 Å². The van der Waals surface area contributed by atoms with Gasteiger partial charge in [-0.3, -0.25) is 4.90 Å². The average molecular weight is 358 g/mol. The first-order valence-corrected chi connectivity index (χ1v) is 7.18. The molecule has 1 heterocycles. The van der Waals surface area contributed by atoms with E-state index in [1.54, 1.807) is 0 Å². The molecule has 0 spiro atoms. The Kier molecular flexibility index (Phi) is 7.01. The number of nitrogens with zero attached hydrogens (tertiary/aromatic N) is 1. The van der Waals surface area contributed by atoms with Crippen LogP contribution in [0, 0.1) is 11.7 Å². The molecule has 0 unspecified atom stereocenters. The molecule has 1 saturated carbocycles. The van der Waals surface area contributed by atoms with Crippen molar-refractivity contribution in [1.29, 1.82) is 0 Å². The van der Waals surface area contributed by atoms with E-state index < -0.39 is 0 Å². The van der Waals surface area contributed by atoms with Gasteiger partial charge in [0.25, 0.3) is 0 Å². The van der Waals surface area contributed by atoms with Gasteiger partial charge in [-0.05, 0) is 30.9 Å². The fourth-order valence-electron chi connectivity index (χ4n) is 2.93. The number of benzene rings is 1. The van der Waals surface area contributed by atoms with Crippen LogP contribution in [-0.2, 0) is 0 Å². The minimum absolute atomic E-state index is 0. The van der Waals surface area contributed by atoms with E-state index in [4.69, 9.17) is 11.6 Å². The smallest absolute Gasteiger partial charge is 0.141 e. The molecule has 1 atom stereocenters. The van der Waals surface area contributed by atoms with Crippen LogP contribution in [0.15, 0.2) is 12.1 Å². The second kappa shape index (κ2) is 7.84. The van der Waals surface area contributed by atoms with Crippen LogP contribution >= 0.6 is 36.4 Å². The maximum Gasteiger partial charge on any atom is 0.141 e. The van der Waals surface area contributed by atoms with Gasteiger partial charge in [0, 0.05) is 37.8 Å². The monoisotopic (exact) mass is 356 g/mol. The molecule has 1 aliphatic carbocycles. The highest BCUT2D eigenvalue weighted by Gasteiger charge is 2.39. The zero-order chi connectivity index (χ0) is 13.4. The van der Waals surface area contributed by atoms with Gasteiger partial charge < -0.3 is 10.4 Å². The molecule has 3 rings (SSSR count). The normalized spacial score (nSPS) is 20.3. The lowest BCUT2D eigenvalue weighted by Crippen LogP contribution is -2.45. The summed E-state index contributed by atoms with van der Waals surface area (Å²) in [4.78, 5) is 2.27. The highest BCUT2D eigenvalue weighted by Crippen LogP contribution is 2.48. The number of aromatic hydroxyl groups is 1. The van der Waals surface area contributed by atoms with Gasteiger partial charge in [-0.25, -0.2) is 4.39 Å². The van der Waals surface area contributed by atoms with Crippen LogP contribution in [0.2, 0.25) is 5.02 Å². The van der Waals surface area contributed by atoms with Gasteiger partial charge in [0.05, 0.1) is 5.02 Å². The van der Waals surface area contributed by atoms with Gasteiger partial charge in [0.15, 0.2) is 0 Å². The zero-order valence-corrected chi connectivity index (χ0v) is 13.9. The summed E-state index contributed by atoms with van der Waals surface area (Å²) in [6.07, 6.45) is 2.19. The third-order valence-electron chi connectivity index (χ3n) is 4.02. The molecule has 120 valence electrons. The summed E-state index contributed by atoms with van der Waals surface area (Å²) >= 11 is 5.95. The number of rotatable bonds is 3. The van der Waals surface area contributed by atoms with Crippen molar-refractivity contribution in [2.75, 3.05) is 26.2 Å². The van der Waals surface area contributed by atoms with Gasteiger partial charge in [-0.1, -0.05) is 11.6 Å². The number of hydrogen-bond donors (Lipinski definition) is 2. The van der Waals surface area contributed by atoms with E-state index in [-0.39, 0.29) is 47.4 Å². The number of piperazine rings is 1. The van der Waals surface area contributed by atoms with Crippen molar-refractivity contribution in [2.24, 2.45) is 5.92 Å². The van der Waals surface area contributed by atoms with Crippen molar-refractivity contribution in [3.05, 3.63) is 28.5 Å². The molecule has 0 aromatic heterocycles. The Hall–Kier alpha value is -0.260. The molecule has 2 N–H and O–H groups in total. The fraction of sp³-hybridized carbons (Fsp3) is 0.571. The highest BCUT2D eigenvalue weighted by molar-refractivity contribution is 6.32. The van der Waals surface area contributed by atoms with Crippen LogP contribution in [0.3, 0.4) is 0 Å². The number of hydrogen-bond acceptors (Lipinski definition) is 3. The highest BCUT2D eigenvalue weighted by atomic mass is 35.5. The predicted octanol–water partition coefficient (Wildman–Crippen LogP) is 3.38. The largest absolute Gasteiger partial charge is 0.506 e. The van der Waals surface area contributed by atoms with E-state index in [9.17, 15) is 9.50 Å². The van der Waals surface area contributed by atoms with Crippen molar-refractivity contribution in [3.63, 3.8) is 0 Å². The summed E-state index contributed by atoms with van der Waals surface area (Å²) in [7, 11) is 0. The molecule has 2 fully saturated rings. The second-order valence-corrected chi connectivity index (χ2v) is 5.77. The summed E-state index contributed by atoms with van der Waals surface area (Å²) in [6, 6.07) is 2.73. The molecule has 2 aliphatic rings. The first kappa shape index (κ1) is 18.8. The lowest BCUT2D eigenvalue weighted by molar-refractivity contribution is 0.150. The van der Waals surface area contributed by atoms with Crippen molar-refractivity contribution in [3.8, 4) is 5.75 Å². The molecule has 1 aromatic carbocycles. The van der Waals surface area contributed by atoms with Crippen molar-refractivity contribution >= 4 is 36.4 Å². The lowest BCUT2D eigenvalue weighted by atomic mass is 9.98. The van der Waals surface area contributed by atoms with Gasteiger partial charge in [-0.2, -0.15) is 0 Å². The van der Waals surface area contributed by atoms with Crippen LogP contribution in [0.1, 0.15) is 24.4 Å². The van der Waals surface area contributed by atoms with Crippen LogP contribution in [0.25, 0.3) is 0 Å². The molecule has 1 aliphatic heterocycles. The summed E-state index contributed by atoms with van der Waals surface area (Å²) < 4.78 is 14.2. The fourth-order valence-corrected chi connectivity index (χ4v) is 3.09. The maximum absolute atomic E-state index is 14.2. The third-order valence-corrected chi connectivity index (χ3v) is 4.33. The number of phenolic OH excluding ortho intramolecular Hbond substituents is 1. The minimum atomic E-state index is -0.350. The Morgan fingerprint density at radius 2 is 1.86 bits per heavy atom. The Morgan fingerprint density at radius 3 is 2.43 bits per heavy atom. The van der Waals surface area contributed by atoms with E-state index >= 15 is 0 Å². The van der Waals surface area contributed by atoms with Gasteiger partial charge in [0.2, 0.25) is 0 Å². The van der Waals surface area contributed by atoms with Crippen molar-refractivity contribution < 1.29 is 9.50 Å². The Balaban J connectivity index is 0.00000110. The average Bonchev–Trinajstić information content (AvgIpc) is 3.24. The summed E-state index contributed by atoms with van der Waals surface area (Å²) in [5.74, 6) is 0.00592. The third kappa shape index (κ3) is 3.93. The molecule has 1 aromatic rings. The van der Waals surface area contributed by atoms with Gasteiger partial charge in [-0.15, -0.1) is 24.8 Å². The SMILES string of the molecule is Cl.Cl.Oc1c(Cl)ccc(F)c1[C@H](C1CC1)N1CCNCC1. The van der Waals surface area contributed by atoms with E-state index in [0.717, 1.165) is 39.0 Å². The predicted molar refractivity (Wildman–Crippen MR) is 87.5 cm³/mol. The first-order chi connectivity index (χ1) is 9.18. The summed E-state index contributed by atoms with van der Waals surface area (Å²) in [5, 5.41) is 13.7.